The number of anilines is 1. The van der Waals surface area contributed by atoms with Crippen molar-refractivity contribution in [2.75, 3.05) is 11.9 Å². The number of alkyl halides is 3. The third-order valence-corrected chi connectivity index (χ3v) is 3.87. The van der Waals surface area contributed by atoms with Crippen LogP contribution in [0.2, 0.25) is 0 Å². The molecule has 11 heteroatoms. The van der Waals surface area contributed by atoms with Gasteiger partial charge in [-0.3, -0.25) is 9.78 Å². The van der Waals surface area contributed by atoms with Crippen molar-refractivity contribution in [2.45, 2.75) is 25.6 Å². The normalized spacial score (nSPS) is 12.2. The number of rotatable bonds is 5. The largest absolute Gasteiger partial charge is 0.405 e. The number of amides is 1. The third kappa shape index (κ3) is 4.35. The fourth-order valence-electron chi connectivity index (χ4n) is 2.52. The molecule has 3 aromatic rings. The molecule has 0 aliphatic rings. The molecule has 0 atom stereocenters. The van der Waals surface area contributed by atoms with Gasteiger partial charge in [0.15, 0.2) is 0 Å². The van der Waals surface area contributed by atoms with Gasteiger partial charge in [0.25, 0.3) is 0 Å². The quantitative estimate of drug-likeness (QED) is 0.576. The SMILES string of the molecule is CC(C)(Nc1cncc(-c2c[nH]c3ncc(F)cc23)n1)C(=O)NCC(F)(F)F. The number of pyridine rings is 1. The average Bonchev–Trinajstić information content (AvgIpc) is 3.01. The van der Waals surface area contributed by atoms with Crippen molar-refractivity contribution in [1.29, 1.82) is 0 Å². The van der Waals surface area contributed by atoms with Crippen molar-refractivity contribution < 1.29 is 22.4 Å². The number of nitrogens with zero attached hydrogens (tertiary/aromatic N) is 3. The second kappa shape index (κ2) is 7.06. The van der Waals surface area contributed by atoms with Crippen LogP contribution in [-0.2, 0) is 4.79 Å². The molecular weight excluding hydrogens is 380 g/mol. The second-order valence-electron chi connectivity index (χ2n) is 6.59. The summed E-state index contributed by atoms with van der Waals surface area (Å²) in [6.07, 6.45) is 0.927. The first-order valence-corrected chi connectivity index (χ1v) is 8.13. The number of hydrogen-bond donors (Lipinski definition) is 3. The van der Waals surface area contributed by atoms with Gasteiger partial charge in [-0.15, -0.1) is 0 Å². The van der Waals surface area contributed by atoms with E-state index >= 15 is 0 Å². The molecule has 0 radical (unpaired) electrons. The summed E-state index contributed by atoms with van der Waals surface area (Å²) in [6, 6.07) is 1.30. The van der Waals surface area contributed by atoms with Crippen molar-refractivity contribution in [1.82, 2.24) is 25.3 Å². The van der Waals surface area contributed by atoms with Gasteiger partial charge in [-0.1, -0.05) is 0 Å². The zero-order chi connectivity index (χ0) is 20.5. The van der Waals surface area contributed by atoms with Crippen LogP contribution in [0.3, 0.4) is 0 Å². The van der Waals surface area contributed by atoms with Crippen LogP contribution in [-0.4, -0.2) is 44.1 Å². The molecule has 0 aliphatic carbocycles. The third-order valence-electron chi connectivity index (χ3n) is 3.87. The van der Waals surface area contributed by atoms with Crippen LogP contribution >= 0.6 is 0 Å². The smallest absolute Gasteiger partial charge is 0.355 e. The molecule has 1 amide bonds. The van der Waals surface area contributed by atoms with E-state index in [4.69, 9.17) is 0 Å². The Morgan fingerprint density at radius 1 is 1.21 bits per heavy atom. The van der Waals surface area contributed by atoms with Crippen molar-refractivity contribution in [3.63, 3.8) is 0 Å². The summed E-state index contributed by atoms with van der Waals surface area (Å²) in [6.45, 7) is 1.40. The van der Waals surface area contributed by atoms with E-state index in [9.17, 15) is 22.4 Å². The topological polar surface area (TPSA) is 95.6 Å². The van der Waals surface area contributed by atoms with Crippen LogP contribution in [0.15, 0.2) is 30.9 Å². The minimum absolute atomic E-state index is 0.170. The zero-order valence-electron chi connectivity index (χ0n) is 14.9. The minimum Gasteiger partial charge on any atom is -0.355 e. The highest BCUT2D eigenvalue weighted by Crippen LogP contribution is 2.27. The molecule has 148 valence electrons. The standard InChI is InChI=1S/C17H16F4N6O/c1-16(2,15(28)25-8-17(19,20)21)27-13-7-22-6-12(26-13)11-5-24-14-10(11)3-9(18)4-23-14/h3-7H,8H2,1-2H3,(H,23,24)(H,25,28)(H,26,27). The van der Waals surface area contributed by atoms with Crippen molar-refractivity contribution in [3.05, 3.63) is 36.7 Å². The lowest BCUT2D eigenvalue weighted by Crippen LogP contribution is -2.50. The molecule has 3 aromatic heterocycles. The summed E-state index contributed by atoms with van der Waals surface area (Å²) in [5.41, 5.74) is -0.0112. The zero-order valence-corrected chi connectivity index (χ0v) is 14.9. The number of nitrogens with one attached hydrogen (secondary N) is 3. The van der Waals surface area contributed by atoms with Gasteiger partial charge < -0.3 is 15.6 Å². The van der Waals surface area contributed by atoms with Crippen LogP contribution in [0.5, 0.6) is 0 Å². The lowest BCUT2D eigenvalue weighted by Gasteiger charge is -2.26. The van der Waals surface area contributed by atoms with E-state index in [-0.39, 0.29) is 5.82 Å². The molecule has 0 aliphatic heterocycles. The first-order valence-electron chi connectivity index (χ1n) is 8.13. The number of carbonyl (C=O) groups excluding carboxylic acids is 1. The van der Waals surface area contributed by atoms with E-state index in [0.29, 0.717) is 22.3 Å². The Morgan fingerprint density at radius 3 is 2.68 bits per heavy atom. The second-order valence-corrected chi connectivity index (χ2v) is 6.59. The van der Waals surface area contributed by atoms with Crippen molar-refractivity contribution in [3.8, 4) is 11.3 Å². The van der Waals surface area contributed by atoms with Gasteiger partial charge in [0, 0.05) is 17.1 Å². The Morgan fingerprint density at radius 2 is 1.96 bits per heavy atom. The molecule has 3 rings (SSSR count). The molecule has 7 nitrogen and oxygen atoms in total. The van der Waals surface area contributed by atoms with E-state index in [1.807, 2.05) is 5.32 Å². The molecular formula is C17H16F4N6O. The van der Waals surface area contributed by atoms with E-state index in [1.54, 1.807) is 6.20 Å². The fourth-order valence-corrected chi connectivity index (χ4v) is 2.52. The van der Waals surface area contributed by atoms with Crippen LogP contribution in [0.4, 0.5) is 23.4 Å². The summed E-state index contributed by atoms with van der Waals surface area (Å²) in [5, 5.41) is 5.08. The number of H-pyrrole nitrogens is 1. The maximum absolute atomic E-state index is 13.5. The van der Waals surface area contributed by atoms with E-state index in [2.05, 4.69) is 25.3 Å². The first kappa shape index (κ1) is 19.5. The van der Waals surface area contributed by atoms with E-state index in [0.717, 1.165) is 6.20 Å². The number of carbonyl (C=O) groups is 1. The summed E-state index contributed by atoms with van der Waals surface area (Å²) in [5.74, 6) is -1.20. The van der Waals surface area contributed by atoms with Crippen LogP contribution < -0.4 is 10.6 Å². The highest BCUT2D eigenvalue weighted by atomic mass is 19.4. The van der Waals surface area contributed by atoms with Crippen molar-refractivity contribution in [2.24, 2.45) is 0 Å². The lowest BCUT2D eigenvalue weighted by molar-refractivity contribution is -0.140. The Balaban J connectivity index is 1.83. The molecule has 28 heavy (non-hydrogen) atoms. The van der Waals surface area contributed by atoms with Gasteiger partial charge >= 0.3 is 6.18 Å². The average molecular weight is 396 g/mol. The summed E-state index contributed by atoms with van der Waals surface area (Å²) < 4.78 is 50.4. The first-order chi connectivity index (χ1) is 13.0. The summed E-state index contributed by atoms with van der Waals surface area (Å²) in [7, 11) is 0. The molecule has 0 spiro atoms. The van der Waals surface area contributed by atoms with Gasteiger partial charge in [-0.05, 0) is 19.9 Å². The number of aromatic amines is 1. The molecule has 3 heterocycles. The molecule has 0 saturated carbocycles. The minimum atomic E-state index is -4.51. The van der Waals surface area contributed by atoms with Gasteiger partial charge in [0.2, 0.25) is 5.91 Å². The van der Waals surface area contributed by atoms with E-state index < -0.39 is 30.0 Å². The fraction of sp³-hybridized carbons (Fsp3) is 0.294. The number of aromatic nitrogens is 4. The van der Waals surface area contributed by atoms with Gasteiger partial charge in [-0.2, -0.15) is 13.2 Å². The molecule has 0 unspecified atom stereocenters. The van der Waals surface area contributed by atoms with Crippen LogP contribution in [0, 0.1) is 5.82 Å². The number of hydrogen-bond acceptors (Lipinski definition) is 5. The Labute approximate surface area is 156 Å². The van der Waals surface area contributed by atoms with Gasteiger partial charge in [-0.25, -0.2) is 14.4 Å². The highest BCUT2D eigenvalue weighted by molar-refractivity contribution is 5.92. The number of fused-ring (bicyclic) bond motifs is 1. The molecule has 0 bridgehead atoms. The van der Waals surface area contributed by atoms with Gasteiger partial charge in [0.1, 0.15) is 29.4 Å². The van der Waals surface area contributed by atoms with Gasteiger partial charge in [0.05, 0.1) is 24.3 Å². The maximum Gasteiger partial charge on any atom is 0.405 e. The van der Waals surface area contributed by atoms with E-state index in [1.165, 1.54) is 32.3 Å². The number of halogens is 4. The predicted molar refractivity (Wildman–Crippen MR) is 93.8 cm³/mol. The summed E-state index contributed by atoms with van der Waals surface area (Å²) >= 11 is 0. The lowest BCUT2D eigenvalue weighted by atomic mass is 10.0. The Hall–Kier alpha value is -3.24. The monoisotopic (exact) mass is 396 g/mol. The Kier molecular flexibility index (Phi) is 4.92. The maximum atomic E-state index is 13.5. The van der Waals surface area contributed by atoms with Crippen molar-refractivity contribution >= 4 is 22.8 Å². The highest BCUT2D eigenvalue weighted by Gasteiger charge is 2.33. The predicted octanol–water partition coefficient (Wildman–Crippen LogP) is 3.03. The van der Waals surface area contributed by atoms with Crippen LogP contribution in [0.1, 0.15) is 13.8 Å². The molecule has 0 aromatic carbocycles. The Bertz CT molecular complexity index is 1010. The molecule has 0 fully saturated rings. The molecule has 3 N–H and O–H groups in total. The van der Waals surface area contributed by atoms with Crippen LogP contribution in [0.25, 0.3) is 22.3 Å². The molecule has 0 saturated heterocycles. The summed E-state index contributed by atoms with van der Waals surface area (Å²) in [4.78, 5) is 27.3.